The molecule has 0 radical (unpaired) electrons. The summed E-state index contributed by atoms with van der Waals surface area (Å²) in [5.41, 5.74) is 13.4. The maximum atomic E-state index is 6.39. The van der Waals surface area contributed by atoms with E-state index in [-0.39, 0.29) is 0 Å². The van der Waals surface area contributed by atoms with Gasteiger partial charge in [-0.2, -0.15) is 0 Å². The highest BCUT2D eigenvalue weighted by Crippen LogP contribution is 2.37. The zero-order valence-corrected chi connectivity index (χ0v) is 18.6. The van der Waals surface area contributed by atoms with E-state index in [1.807, 2.05) is 72.4 Å². The van der Waals surface area contributed by atoms with Gasteiger partial charge in [-0.15, -0.1) is 0 Å². The van der Waals surface area contributed by atoms with E-state index in [0.29, 0.717) is 47.9 Å². The number of anilines is 4. The van der Waals surface area contributed by atoms with Crippen molar-refractivity contribution in [3.63, 3.8) is 0 Å². The molecule has 2 heterocycles. The van der Waals surface area contributed by atoms with Crippen LogP contribution in [0.25, 0.3) is 0 Å². The highest BCUT2D eigenvalue weighted by Gasteiger charge is 2.15. The van der Waals surface area contributed by atoms with E-state index in [1.54, 1.807) is 24.5 Å². The van der Waals surface area contributed by atoms with Crippen LogP contribution in [0.15, 0.2) is 73.1 Å². The van der Waals surface area contributed by atoms with E-state index in [0.717, 1.165) is 11.4 Å². The quantitative estimate of drug-likeness (QED) is 0.422. The van der Waals surface area contributed by atoms with Crippen molar-refractivity contribution in [2.24, 2.45) is 0 Å². The maximum Gasteiger partial charge on any atom is 0.150 e. The zero-order chi connectivity index (χ0) is 23.2. The van der Waals surface area contributed by atoms with Crippen molar-refractivity contribution in [3.05, 3.63) is 84.7 Å². The lowest BCUT2D eigenvalue weighted by molar-refractivity contribution is 0.481. The molecule has 2 aromatic heterocycles. The van der Waals surface area contributed by atoms with Crippen LogP contribution in [0.2, 0.25) is 0 Å². The first-order valence-corrected chi connectivity index (χ1v) is 10.4. The van der Waals surface area contributed by atoms with Crippen LogP contribution in [0.4, 0.5) is 23.0 Å². The van der Waals surface area contributed by atoms with Gasteiger partial charge in [0.2, 0.25) is 0 Å². The molecule has 0 bridgehead atoms. The Hall–Kier alpha value is -4.40. The second-order valence-electron chi connectivity index (χ2n) is 7.55. The third-order valence-electron chi connectivity index (χ3n) is 4.98. The molecular formula is C24H26N8O. The molecule has 168 valence electrons. The van der Waals surface area contributed by atoms with Crippen LogP contribution in [0.1, 0.15) is 11.6 Å². The summed E-state index contributed by atoms with van der Waals surface area (Å²) in [6.07, 6.45) is 3.31. The second kappa shape index (κ2) is 9.82. The number of benzene rings is 2. The van der Waals surface area contributed by atoms with Crippen molar-refractivity contribution >= 4 is 23.0 Å². The van der Waals surface area contributed by atoms with Gasteiger partial charge in [0.25, 0.3) is 0 Å². The Bertz CT molecular complexity index is 1140. The van der Waals surface area contributed by atoms with Crippen LogP contribution in [0, 0.1) is 0 Å². The smallest absolute Gasteiger partial charge is 0.150 e. The fourth-order valence-corrected chi connectivity index (χ4v) is 3.41. The maximum absolute atomic E-state index is 6.39. The summed E-state index contributed by atoms with van der Waals surface area (Å²) < 4.78 is 6.39. The number of hydrogen-bond donors (Lipinski definition) is 2. The summed E-state index contributed by atoms with van der Waals surface area (Å²) in [7, 11) is 3.92. The first-order chi connectivity index (χ1) is 16.0. The number of nitrogens with zero attached hydrogens (tertiary/aromatic N) is 6. The largest absolute Gasteiger partial charge is 0.453 e. The van der Waals surface area contributed by atoms with Crippen LogP contribution in [0.5, 0.6) is 11.5 Å². The van der Waals surface area contributed by atoms with Crippen LogP contribution >= 0.6 is 0 Å². The molecule has 9 heteroatoms. The molecule has 9 nitrogen and oxygen atoms in total. The lowest BCUT2D eigenvalue weighted by Gasteiger charge is -2.24. The standard InChI is InChI=1S/C24H26N8O/c1-31(15-23-27-13-11-21(25)29-23)17-7-3-5-9-19(17)33-20-10-6-4-8-18(20)32(2)16-24-28-14-12-22(26)30-24/h3-14H,15-16H2,1-2H3,(H2,25,27,29)(H2,26,28,30). The molecule has 0 aliphatic heterocycles. The number of ether oxygens (including phenoxy) is 1. The van der Waals surface area contributed by atoms with Crippen molar-refractivity contribution in [1.29, 1.82) is 0 Å². The van der Waals surface area contributed by atoms with Gasteiger partial charge >= 0.3 is 0 Å². The molecule has 0 unspecified atom stereocenters. The molecule has 0 atom stereocenters. The number of rotatable bonds is 8. The summed E-state index contributed by atoms with van der Waals surface area (Å²) in [6, 6.07) is 19.0. The van der Waals surface area contributed by atoms with Gasteiger partial charge in [-0.25, -0.2) is 19.9 Å². The predicted octanol–water partition coefficient (Wildman–Crippen LogP) is 3.50. The van der Waals surface area contributed by atoms with E-state index in [9.17, 15) is 0 Å². The van der Waals surface area contributed by atoms with Crippen LogP contribution in [-0.2, 0) is 13.1 Å². The fourth-order valence-electron chi connectivity index (χ4n) is 3.41. The molecule has 0 amide bonds. The van der Waals surface area contributed by atoms with E-state index < -0.39 is 0 Å². The SMILES string of the molecule is CN(Cc1nccc(N)n1)c1ccccc1Oc1ccccc1N(C)Cc1nccc(N)n1. The topological polar surface area (TPSA) is 119 Å². The van der Waals surface area contributed by atoms with Gasteiger partial charge in [-0.05, 0) is 36.4 Å². The minimum absolute atomic E-state index is 0.444. The molecule has 4 rings (SSSR count). The number of hydrogen-bond acceptors (Lipinski definition) is 9. The third-order valence-corrected chi connectivity index (χ3v) is 4.98. The first kappa shape index (κ1) is 21.8. The van der Waals surface area contributed by atoms with E-state index >= 15 is 0 Å². The molecule has 33 heavy (non-hydrogen) atoms. The number of nitrogens with two attached hydrogens (primary N) is 2. The number of aromatic nitrogens is 4. The third kappa shape index (κ3) is 5.45. The van der Waals surface area contributed by atoms with Crippen LogP contribution in [0.3, 0.4) is 0 Å². The molecule has 0 spiro atoms. The highest BCUT2D eigenvalue weighted by molar-refractivity contribution is 5.63. The van der Waals surface area contributed by atoms with Crippen molar-refractivity contribution in [3.8, 4) is 11.5 Å². The predicted molar refractivity (Wildman–Crippen MR) is 130 cm³/mol. The second-order valence-corrected chi connectivity index (χ2v) is 7.55. The summed E-state index contributed by atoms with van der Waals surface area (Å²) >= 11 is 0. The molecule has 0 fully saturated rings. The summed E-state index contributed by atoms with van der Waals surface area (Å²) in [5, 5.41) is 0. The van der Waals surface area contributed by atoms with Crippen molar-refractivity contribution in [2.45, 2.75) is 13.1 Å². The molecule has 4 aromatic rings. The van der Waals surface area contributed by atoms with Gasteiger partial charge < -0.3 is 26.0 Å². The highest BCUT2D eigenvalue weighted by atomic mass is 16.5. The van der Waals surface area contributed by atoms with Gasteiger partial charge in [0.1, 0.15) is 23.3 Å². The Morgan fingerprint density at radius 2 is 1.09 bits per heavy atom. The van der Waals surface area contributed by atoms with Gasteiger partial charge in [0, 0.05) is 26.5 Å². The summed E-state index contributed by atoms with van der Waals surface area (Å²) in [6.45, 7) is 0.972. The average Bonchev–Trinajstić information content (AvgIpc) is 2.80. The Morgan fingerprint density at radius 3 is 1.52 bits per heavy atom. The van der Waals surface area contributed by atoms with Crippen LogP contribution in [-0.4, -0.2) is 34.0 Å². The zero-order valence-electron chi connectivity index (χ0n) is 18.6. The molecule has 0 saturated carbocycles. The number of para-hydroxylation sites is 4. The number of nitrogen functional groups attached to an aromatic ring is 2. The Labute approximate surface area is 192 Å². The first-order valence-electron chi connectivity index (χ1n) is 10.4. The van der Waals surface area contributed by atoms with E-state index in [1.165, 1.54) is 0 Å². The molecule has 0 aliphatic rings. The van der Waals surface area contributed by atoms with E-state index in [4.69, 9.17) is 16.2 Å². The van der Waals surface area contributed by atoms with Gasteiger partial charge in [-0.3, -0.25) is 0 Å². The Kier molecular flexibility index (Phi) is 6.49. The summed E-state index contributed by atoms with van der Waals surface area (Å²) in [4.78, 5) is 21.2. The fraction of sp³-hybridized carbons (Fsp3) is 0.167. The Balaban J connectivity index is 1.56. The monoisotopic (exact) mass is 442 g/mol. The lowest BCUT2D eigenvalue weighted by atomic mass is 10.2. The molecule has 0 aliphatic carbocycles. The van der Waals surface area contributed by atoms with Gasteiger partial charge in [0.05, 0.1) is 24.5 Å². The molecule has 0 saturated heterocycles. The average molecular weight is 443 g/mol. The van der Waals surface area contributed by atoms with Crippen molar-refractivity contribution < 1.29 is 4.74 Å². The minimum atomic E-state index is 0.444. The minimum Gasteiger partial charge on any atom is -0.453 e. The Morgan fingerprint density at radius 1 is 0.667 bits per heavy atom. The van der Waals surface area contributed by atoms with Gasteiger partial charge in [-0.1, -0.05) is 24.3 Å². The van der Waals surface area contributed by atoms with E-state index in [2.05, 4.69) is 19.9 Å². The summed E-state index contributed by atoms with van der Waals surface area (Å²) in [5.74, 6) is 3.58. The van der Waals surface area contributed by atoms with Crippen LogP contribution < -0.4 is 26.0 Å². The van der Waals surface area contributed by atoms with Crippen molar-refractivity contribution in [1.82, 2.24) is 19.9 Å². The van der Waals surface area contributed by atoms with Gasteiger partial charge in [0.15, 0.2) is 11.5 Å². The molecule has 2 aromatic carbocycles. The lowest BCUT2D eigenvalue weighted by Crippen LogP contribution is -2.20. The van der Waals surface area contributed by atoms with Crippen molar-refractivity contribution in [2.75, 3.05) is 35.4 Å². The molecular weight excluding hydrogens is 416 g/mol. The molecule has 4 N–H and O–H groups in total. The normalized spacial score (nSPS) is 10.6.